The number of ether oxygens (including phenoxy) is 2. The van der Waals surface area contributed by atoms with Crippen molar-refractivity contribution in [1.29, 1.82) is 0 Å². The van der Waals surface area contributed by atoms with Crippen molar-refractivity contribution in [2.45, 2.75) is 32.4 Å². The summed E-state index contributed by atoms with van der Waals surface area (Å²) in [6, 6.07) is 6.00. The number of hydrogen-bond acceptors (Lipinski definition) is 4. The Hall–Kier alpha value is -1.75. The van der Waals surface area contributed by atoms with Gasteiger partial charge < -0.3 is 20.5 Å². The molecule has 18 heavy (non-hydrogen) atoms. The van der Waals surface area contributed by atoms with Gasteiger partial charge in [0.1, 0.15) is 0 Å². The van der Waals surface area contributed by atoms with Crippen LogP contribution in [0.5, 0.6) is 11.5 Å². The van der Waals surface area contributed by atoms with Crippen LogP contribution < -0.4 is 20.5 Å². The van der Waals surface area contributed by atoms with Crippen molar-refractivity contribution in [3.63, 3.8) is 0 Å². The fourth-order valence-electron chi connectivity index (χ4n) is 2.07. The maximum atomic E-state index is 10.8. The Bertz CT molecular complexity index is 448. The Morgan fingerprint density at radius 2 is 2.11 bits per heavy atom. The highest BCUT2D eigenvalue weighted by atomic mass is 16.7. The number of nitrogens with two attached hydrogens (primary N) is 1. The molecule has 1 aliphatic rings. The molecule has 2 unspecified atom stereocenters. The second-order valence-corrected chi connectivity index (χ2v) is 4.57. The summed E-state index contributed by atoms with van der Waals surface area (Å²) < 4.78 is 10.6. The highest BCUT2D eigenvalue weighted by Crippen LogP contribution is 2.34. The Morgan fingerprint density at radius 1 is 1.39 bits per heavy atom. The van der Waals surface area contributed by atoms with E-state index in [1.54, 1.807) is 0 Å². The molecule has 0 saturated carbocycles. The van der Waals surface area contributed by atoms with Crippen LogP contribution in [-0.4, -0.2) is 18.7 Å². The smallest absolute Gasteiger partial charge is 0.231 e. The van der Waals surface area contributed by atoms with Gasteiger partial charge in [-0.15, -0.1) is 0 Å². The molecule has 0 radical (unpaired) electrons. The van der Waals surface area contributed by atoms with E-state index in [1.807, 2.05) is 32.0 Å². The monoisotopic (exact) mass is 250 g/mol. The van der Waals surface area contributed by atoms with E-state index in [-0.39, 0.29) is 24.8 Å². The lowest BCUT2D eigenvalue weighted by atomic mass is 10.1. The van der Waals surface area contributed by atoms with Crippen LogP contribution in [0, 0.1) is 0 Å². The van der Waals surface area contributed by atoms with E-state index in [9.17, 15) is 4.79 Å². The zero-order valence-electron chi connectivity index (χ0n) is 10.6. The lowest BCUT2D eigenvalue weighted by Crippen LogP contribution is -2.32. The van der Waals surface area contributed by atoms with Crippen LogP contribution in [0.3, 0.4) is 0 Å². The molecule has 0 spiro atoms. The van der Waals surface area contributed by atoms with Gasteiger partial charge in [0.05, 0.1) is 0 Å². The number of benzene rings is 1. The zero-order chi connectivity index (χ0) is 13.1. The molecule has 1 aromatic rings. The van der Waals surface area contributed by atoms with Crippen LogP contribution in [0.2, 0.25) is 0 Å². The van der Waals surface area contributed by atoms with Gasteiger partial charge in [0.2, 0.25) is 12.7 Å². The van der Waals surface area contributed by atoms with Crippen molar-refractivity contribution < 1.29 is 14.3 Å². The Balaban J connectivity index is 2.00. The molecule has 1 aromatic carbocycles. The fourth-order valence-corrected chi connectivity index (χ4v) is 2.07. The maximum absolute atomic E-state index is 10.8. The average molecular weight is 250 g/mol. The van der Waals surface area contributed by atoms with E-state index in [1.165, 1.54) is 0 Å². The van der Waals surface area contributed by atoms with Gasteiger partial charge in [-0.2, -0.15) is 0 Å². The minimum absolute atomic E-state index is 0.0444. The molecule has 5 heteroatoms. The molecule has 98 valence electrons. The lowest BCUT2D eigenvalue weighted by Gasteiger charge is -2.19. The number of amides is 1. The number of fused-ring (bicyclic) bond motifs is 1. The molecular weight excluding hydrogens is 232 g/mol. The number of hydrogen-bond donors (Lipinski definition) is 2. The first-order valence-electron chi connectivity index (χ1n) is 6.00. The van der Waals surface area contributed by atoms with Crippen molar-refractivity contribution in [2.75, 3.05) is 6.79 Å². The summed E-state index contributed by atoms with van der Waals surface area (Å²) in [5.41, 5.74) is 6.26. The molecule has 3 N–H and O–H groups in total. The first-order chi connectivity index (χ1) is 8.56. The summed E-state index contributed by atoms with van der Waals surface area (Å²) >= 11 is 0. The van der Waals surface area contributed by atoms with Crippen LogP contribution in [0.25, 0.3) is 0 Å². The van der Waals surface area contributed by atoms with Crippen molar-refractivity contribution in [3.8, 4) is 11.5 Å². The van der Waals surface area contributed by atoms with Crippen LogP contribution >= 0.6 is 0 Å². The zero-order valence-corrected chi connectivity index (χ0v) is 10.6. The van der Waals surface area contributed by atoms with Gasteiger partial charge in [0, 0.05) is 18.5 Å². The third-order valence-corrected chi connectivity index (χ3v) is 2.94. The third-order valence-electron chi connectivity index (χ3n) is 2.94. The van der Waals surface area contributed by atoms with E-state index in [2.05, 4.69) is 5.32 Å². The van der Waals surface area contributed by atoms with E-state index in [4.69, 9.17) is 15.2 Å². The van der Waals surface area contributed by atoms with Gasteiger partial charge in [-0.1, -0.05) is 6.07 Å². The van der Waals surface area contributed by atoms with Crippen molar-refractivity contribution in [3.05, 3.63) is 23.8 Å². The molecular formula is C13H18N2O3. The highest BCUT2D eigenvalue weighted by Gasteiger charge is 2.17. The highest BCUT2D eigenvalue weighted by molar-refractivity contribution is 5.74. The van der Waals surface area contributed by atoms with Crippen molar-refractivity contribution in [2.24, 2.45) is 5.73 Å². The minimum Gasteiger partial charge on any atom is -0.454 e. The summed E-state index contributed by atoms with van der Waals surface area (Å²) in [6.45, 7) is 4.25. The number of rotatable bonds is 5. The van der Waals surface area contributed by atoms with Crippen LogP contribution in [0.1, 0.15) is 31.9 Å². The van der Waals surface area contributed by atoms with Crippen LogP contribution in [0.15, 0.2) is 18.2 Å². The van der Waals surface area contributed by atoms with Gasteiger partial charge in [-0.25, -0.2) is 0 Å². The molecule has 5 nitrogen and oxygen atoms in total. The lowest BCUT2D eigenvalue weighted by molar-refractivity contribution is -0.118. The summed E-state index contributed by atoms with van der Waals surface area (Å²) in [5.74, 6) is 1.24. The topological polar surface area (TPSA) is 73.6 Å². The van der Waals surface area contributed by atoms with E-state index in [0.717, 1.165) is 17.1 Å². The molecule has 0 aliphatic carbocycles. The quantitative estimate of drug-likeness (QED) is 0.826. The predicted octanol–water partition coefficient (Wildman–Crippen LogP) is 1.33. The summed E-state index contributed by atoms with van der Waals surface area (Å²) in [4.78, 5) is 10.8. The molecule has 1 amide bonds. The fraction of sp³-hybridized carbons (Fsp3) is 0.462. The molecule has 0 bridgehead atoms. The van der Waals surface area contributed by atoms with Gasteiger partial charge in [0.15, 0.2) is 11.5 Å². The van der Waals surface area contributed by atoms with E-state index < -0.39 is 0 Å². The van der Waals surface area contributed by atoms with Crippen LogP contribution in [0.4, 0.5) is 0 Å². The van der Waals surface area contributed by atoms with Gasteiger partial charge >= 0.3 is 0 Å². The number of carbonyl (C=O) groups excluding carboxylic acids is 1. The maximum Gasteiger partial charge on any atom is 0.231 e. The van der Waals surface area contributed by atoms with Crippen LogP contribution in [-0.2, 0) is 4.79 Å². The SMILES string of the molecule is CC(CC(N)=O)NC(C)c1ccc2c(c1)OCO2. The Morgan fingerprint density at radius 3 is 2.83 bits per heavy atom. The second kappa shape index (κ2) is 5.27. The molecule has 1 heterocycles. The van der Waals surface area contributed by atoms with Gasteiger partial charge in [-0.3, -0.25) is 4.79 Å². The normalized spacial score (nSPS) is 16.3. The van der Waals surface area contributed by atoms with E-state index >= 15 is 0 Å². The Labute approximate surface area is 106 Å². The number of nitrogens with one attached hydrogen (secondary N) is 1. The predicted molar refractivity (Wildman–Crippen MR) is 67.4 cm³/mol. The standard InChI is InChI=1S/C13H18N2O3/c1-8(5-13(14)16)15-9(2)10-3-4-11-12(6-10)18-7-17-11/h3-4,6,8-9,15H,5,7H2,1-2H3,(H2,14,16). The van der Waals surface area contributed by atoms with Gasteiger partial charge in [0.25, 0.3) is 0 Å². The van der Waals surface area contributed by atoms with Gasteiger partial charge in [-0.05, 0) is 31.5 Å². The Kier molecular flexibility index (Phi) is 3.72. The average Bonchev–Trinajstić information content (AvgIpc) is 2.74. The third kappa shape index (κ3) is 2.92. The van der Waals surface area contributed by atoms with Crippen molar-refractivity contribution >= 4 is 5.91 Å². The molecule has 0 fully saturated rings. The first-order valence-corrected chi connectivity index (χ1v) is 6.00. The molecule has 2 rings (SSSR count). The number of carbonyl (C=O) groups is 1. The molecule has 1 aliphatic heterocycles. The molecule has 2 atom stereocenters. The molecule has 0 saturated heterocycles. The van der Waals surface area contributed by atoms with Crippen molar-refractivity contribution in [1.82, 2.24) is 5.32 Å². The minimum atomic E-state index is -0.298. The van der Waals surface area contributed by atoms with E-state index in [0.29, 0.717) is 6.42 Å². The molecule has 0 aromatic heterocycles. The summed E-state index contributed by atoms with van der Waals surface area (Å²) in [6.07, 6.45) is 0.328. The summed E-state index contributed by atoms with van der Waals surface area (Å²) in [7, 11) is 0. The largest absolute Gasteiger partial charge is 0.454 e. The number of primary amides is 1. The first kappa shape index (κ1) is 12.7. The second-order valence-electron chi connectivity index (χ2n) is 4.57. The summed E-state index contributed by atoms with van der Waals surface area (Å²) in [5, 5.41) is 3.32.